The largest absolute Gasteiger partial charge is 0.478 e. The van der Waals surface area contributed by atoms with Crippen LogP contribution in [0.2, 0.25) is 0 Å². The van der Waals surface area contributed by atoms with Crippen LogP contribution in [0.5, 0.6) is 0 Å². The van der Waals surface area contributed by atoms with Gasteiger partial charge in [-0.25, -0.2) is 9.78 Å². The lowest BCUT2D eigenvalue weighted by molar-refractivity contribution is 0.0699. The predicted octanol–water partition coefficient (Wildman–Crippen LogP) is 4.48. The molecule has 0 saturated carbocycles. The van der Waals surface area contributed by atoms with Crippen LogP contribution in [0.3, 0.4) is 0 Å². The Morgan fingerprint density at radius 2 is 1.93 bits per heavy atom. The molecule has 1 N–H and O–H groups in total. The molecular weight excluding hydrogens is 360 g/mol. The van der Waals surface area contributed by atoms with Crippen LogP contribution < -0.4 is 5.56 Å². The van der Waals surface area contributed by atoms with Gasteiger partial charge in [-0.15, -0.1) is 11.3 Å². The number of carboxylic acid groups (broad SMARTS) is 1. The van der Waals surface area contributed by atoms with Gasteiger partial charge >= 0.3 is 5.97 Å². The number of aromatic carboxylic acids is 1. The highest BCUT2D eigenvalue weighted by Crippen LogP contribution is 2.25. The fourth-order valence-corrected chi connectivity index (χ4v) is 4.30. The first kappa shape index (κ1) is 17.4. The highest BCUT2D eigenvalue weighted by atomic mass is 32.1. The van der Waals surface area contributed by atoms with Gasteiger partial charge in [-0.05, 0) is 16.3 Å². The Kier molecular flexibility index (Phi) is 4.28. The van der Waals surface area contributed by atoms with E-state index in [0.29, 0.717) is 17.2 Å². The molecule has 0 radical (unpaired) electrons. The molecule has 4 rings (SSSR count). The molecule has 0 atom stereocenters. The summed E-state index contributed by atoms with van der Waals surface area (Å²) in [5, 5.41) is 13.3. The summed E-state index contributed by atoms with van der Waals surface area (Å²) in [4.78, 5) is 29.9. The van der Waals surface area contributed by atoms with Gasteiger partial charge in [0.25, 0.3) is 5.56 Å². The van der Waals surface area contributed by atoms with Crippen molar-refractivity contribution >= 4 is 38.3 Å². The second kappa shape index (κ2) is 6.63. The summed E-state index contributed by atoms with van der Waals surface area (Å²) in [5.74, 6) is -0.402. The van der Waals surface area contributed by atoms with Crippen molar-refractivity contribution in [3.63, 3.8) is 0 Å². The van der Waals surface area contributed by atoms with E-state index >= 15 is 0 Å². The highest BCUT2D eigenvalue weighted by Gasteiger charge is 2.21. The van der Waals surface area contributed by atoms with Crippen LogP contribution in [0.15, 0.2) is 52.6 Å². The summed E-state index contributed by atoms with van der Waals surface area (Å²) in [6.07, 6.45) is 0. The summed E-state index contributed by atoms with van der Waals surface area (Å²) in [6, 6.07) is 14.0. The second-order valence-electron chi connectivity index (χ2n) is 6.79. The van der Waals surface area contributed by atoms with Crippen LogP contribution in [-0.4, -0.2) is 20.6 Å². The van der Waals surface area contributed by atoms with Crippen molar-refractivity contribution in [2.45, 2.75) is 26.3 Å². The van der Waals surface area contributed by atoms with Crippen LogP contribution in [-0.2, 0) is 6.54 Å². The first-order chi connectivity index (χ1) is 13.0. The number of aromatic nitrogens is 2. The molecule has 0 amide bonds. The van der Waals surface area contributed by atoms with Gasteiger partial charge in [0.05, 0.1) is 17.5 Å². The van der Waals surface area contributed by atoms with Crippen molar-refractivity contribution in [2.24, 2.45) is 0 Å². The summed E-state index contributed by atoms with van der Waals surface area (Å²) >= 11 is 1.20. The zero-order valence-corrected chi connectivity index (χ0v) is 15.8. The molecule has 0 aliphatic rings. The van der Waals surface area contributed by atoms with Crippen LogP contribution in [0.4, 0.5) is 0 Å². The highest BCUT2D eigenvalue weighted by molar-refractivity contribution is 7.17. The maximum Gasteiger partial charge on any atom is 0.337 e. The van der Waals surface area contributed by atoms with E-state index in [4.69, 9.17) is 0 Å². The monoisotopic (exact) mass is 378 g/mol. The summed E-state index contributed by atoms with van der Waals surface area (Å²) in [6.45, 7) is 4.32. The first-order valence-electron chi connectivity index (χ1n) is 8.69. The molecule has 2 heterocycles. The van der Waals surface area contributed by atoms with E-state index in [1.54, 1.807) is 4.57 Å². The van der Waals surface area contributed by atoms with Crippen molar-refractivity contribution in [2.75, 3.05) is 0 Å². The Labute approximate surface area is 159 Å². The third-order valence-corrected chi connectivity index (χ3v) is 5.55. The Morgan fingerprint density at radius 3 is 2.67 bits per heavy atom. The average molecular weight is 378 g/mol. The molecule has 5 nitrogen and oxygen atoms in total. The molecule has 0 bridgehead atoms. The maximum atomic E-state index is 13.2. The van der Waals surface area contributed by atoms with Crippen LogP contribution in [0.1, 0.15) is 41.5 Å². The van der Waals surface area contributed by atoms with Gasteiger partial charge in [-0.2, -0.15) is 0 Å². The zero-order chi connectivity index (χ0) is 19.1. The van der Waals surface area contributed by atoms with E-state index < -0.39 is 5.97 Å². The van der Waals surface area contributed by atoms with Crippen molar-refractivity contribution in [1.82, 2.24) is 9.55 Å². The van der Waals surface area contributed by atoms with E-state index in [1.807, 2.05) is 56.3 Å². The van der Waals surface area contributed by atoms with Gasteiger partial charge in [-0.3, -0.25) is 9.36 Å². The SMILES string of the molecule is CC(C)c1nc2scc(C(=O)O)c2c(=O)n1Cc1cccc2ccccc12. The lowest BCUT2D eigenvalue weighted by Gasteiger charge is -2.16. The summed E-state index contributed by atoms with van der Waals surface area (Å²) in [7, 11) is 0. The minimum atomic E-state index is -1.10. The summed E-state index contributed by atoms with van der Waals surface area (Å²) in [5.41, 5.74) is 0.732. The Bertz CT molecular complexity index is 1230. The van der Waals surface area contributed by atoms with E-state index in [1.165, 1.54) is 16.7 Å². The number of fused-ring (bicyclic) bond motifs is 2. The maximum absolute atomic E-state index is 13.2. The molecule has 0 unspecified atom stereocenters. The third-order valence-electron chi connectivity index (χ3n) is 4.68. The topological polar surface area (TPSA) is 72.2 Å². The number of carboxylic acids is 1. The fraction of sp³-hybridized carbons (Fsp3) is 0.190. The number of hydrogen-bond acceptors (Lipinski definition) is 4. The van der Waals surface area contributed by atoms with E-state index in [0.717, 1.165) is 16.3 Å². The van der Waals surface area contributed by atoms with Crippen molar-refractivity contribution < 1.29 is 9.90 Å². The lowest BCUT2D eigenvalue weighted by Crippen LogP contribution is -2.27. The van der Waals surface area contributed by atoms with Gasteiger partial charge < -0.3 is 5.11 Å². The molecule has 136 valence electrons. The number of nitrogens with zero attached hydrogens (tertiary/aromatic N) is 2. The molecule has 0 aliphatic heterocycles. The van der Waals surface area contributed by atoms with Gasteiger partial charge in [0.15, 0.2) is 0 Å². The molecule has 2 aromatic heterocycles. The summed E-state index contributed by atoms with van der Waals surface area (Å²) < 4.78 is 1.62. The van der Waals surface area contributed by atoms with E-state index in [2.05, 4.69) is 4.98 Å². The Morgan fingerprint density at radius 1 is 1.19 bits per heavy atom. The molecule has 0 spiro atoms. The standard InChI is InChI=1S/C21H18N2O3S/c1-12(2)18-22-19-17(16(11-27-19)21(25)26)20(24)23(18)10-14-8-5-7-13-6-3-4-9-15(13)14/h3-9,11-12H,10H2,1-2H3,(H,25,26). The lowest BCUT2D eigenvalue weighted by atomic mass is 10.0. The second-order valence-corrected chi connectivity index (χ2v) is 7.65. The zero-order valence-electron chi connectivity index (χ0n) is 15.0. The molecular formula is C21H18N2O3S. The third kappa shape index (κ3) is 2.92. The number of hydrogen-bond donors (Lipinski definition) is 1. The number of rotatable bonds is 4. The van der Waals surface area contributed by atoms with E-state index in [9.17, 15) is 14.7 Å². The Hall–Kier alpha value is -2.99. The number of benzene rings is 2. The quantitative estimate of drug-likeness (QED) is 0.568. The van der Waals surface area contributed by atoms with Crippen LogP contribution in [0, 0.1) is 0 Å². The molecule has 0 saturated heterocycles. The average Bonchev–Trinajstić information content (AvgIpc) is 3.08. The first-order valence-corrected chi connectivity index (χ1v) is 9.57. The van der Waals surface area contributed by atoms with Crippen molar-refractivity contribution in [1.29, 1.82) is 0 Å². The van der Waals surface area contributed by atoms with E-state index in [-0.39, 0.29) is 22.4 Å². The van der Waals surface area contributed by atoms with Gasteiger partial charge in [-0.1, -0.05) is 56.3 Å². The molecule has 27 heavy (non-hydrogen) atoms. The molecule has 0 aliphatic carbocycles. The molecule has 2 aromatic carbocycles. The van der Waals surface area contributed by atoms with Gasteiger partial charge in [0.1, 0.15) is 10.7 Å². The van der Waals surface area contributed by atoms with Crippen LogP contribution in [0.25, 0.3) is 21.0 Å². The minimum absolute atomic E-state index is 0.0227. The number of thiophene rings is 1. The van der Waals surface area contributed by atoms with Crippen molar-refractivity contribution in [3.05, 3.63) is 75.1 Å². The fourth-order valence-electron chi connectivity index (χ4n) is 3.39. The van der Waals surface area contributed by atoms with Gasteiger partial charge in [0.2, 0.25) is 0 Å². The van der Waals surface area contributed by atoms with Gasteiger partial charge in [0, 0.05) is 11.3 Å². The predicted molar refractivity (Wildman–Crippen MR) is 108 cm³/mol. The molecule has 6 heteroatoms. The molecule has 0 fully saturated rings. The smallest absolute Gasteiger partial charge is 0.337 e. The normalized spacial score (nSPS) is 11.5. The number of carbonyl (C=O) groups is 1. The molecule has 4 aromatic rings. The van der Waals surface area contributed by atoms with Crippen molar-refractivity contribution in [3.8, 4) is 0 Å². The minimum Gasteiger partial charge on any atom is -0.478 e. The van der Waals surface area contributed by atoms with Crippen LogP contribution >= 0.6 is 11.3 Å². The Balaban J connectivity index is 1.98.